The summed E-state index contributed by atoms with van der Waals surface area (Å²) >= 11 is 0. The standard InChI is InChI=1S/C14H19N5/c1-10-4-3-7-19-13(10)16-14(17-19)18-8-11-5-2-6-15-12(11)9-18/h3-4,7,11-12,15H,2,5-6,8-9H2,1H3. The minimum Gasteiger partial charge on any atom is -0.338 e. The second kappa shape index (κ2) is 4.20. The van der Waals surface area contributed by atoms with Crippen molar-refractivity contribution in [1.29, 1.82) is 0 Å². The van der Waals surface area contributed by atoms with Crippen LogP contribution in [-0.2, 0) is 0 Å². The van der Waals surface area contributed by atoms with Crippen molar-refractivity contribution in [2.24, 2.45) is 5.92 Å². The molecule has 2 atom stereocenters. The zero-order chi connectivity index (χ0) is 12.8. The lowest BCUT2D eigenvalue weighted by atomic mass is 9.94. The van der Waals surface area contributed by atoms with Gasteiger partial charge in [0.05, 0.1) is 0 Å². The van der Waals surface area contributed by atoms with Gasteiger partial charge in [-0.05, 0) is 43.9 Å². The van der Waals surface area contributed by atoms with E-state index in [2.05, 4.69) is 28.3 Å². The van der Waals surface area contributed by atoms with Crippen molar-refractivity contribution in [3.05, 3.63) is 23.9 Å². The van der Waals surface area contributed by atoms with Crippen LogP contribution in [0.3, 0.4) is 0 Å². The van der Waals surface area contributed by atoms with Crippen molar-refractivity contribution in [3.63, 3.8) is 0 Å². The Morgan fingerprint density at radius 3 is 3.16 bits per heavy atom. The zero-order valence-electron chi connectivity index (χ0n) is 11.2. The van der Waals surface area contributed by atoms with E-state index >= 15 is 0 Å². The highest BCUT2D eigenvalue weighted by Gasteiger charge is 2.35. The van der Waals surface area contributed by atoms with Crippen LogP contribution in [0.2, 0.25) is 0 Å². The van der Waals surface area contributed by atoms with Gasteiger partial charge < -0.3 is 10.2 Å². The molecule has 2 aromatic rings. The number of nitrogens with one attached hydrogen (secondary N) is 1. The van der Waals surface area contributed by atoms with Crippen molar-refractivity contribution in [2.75, 3.05) is 24.5 Å². The Kier molecular flexibility index (Phi) is 2.48. The molecule has 2 aliphatic heterocycles. The lowest BCUT2D eigenvalue weighted by Gasteiger charge is -2.24. The fraction of sp³-hybridized carbons (Fsp3) is 0.571. The van der Waals surface area contributed by atoms with Gasteiger partial charge in [-0.2, -0.15) is 4.98 Å². The number of nitrogens with zero attached hydrogens (tertiary/aromatic N) is 4. The number of hydrogen-bond acceptors (Lipinski definition) is 4. The molecule has 100 valence electrons. The van der Waals surface area contributed by atoms with E-state index in [1.54, 1.807) is 0 Å². The Hall–Kier alpha value is -1.62. The van der Waals surface area contributed by atoms with Gasteiger partial charge in [0.2, 0.25) is 5.95 Å². The summed E-state index contributed by atoms with van der Waals surface area (Å²) in [7, 11) is 0. The third-order valence-corrected chi connectivity index (χ3v) is 4.43. The molecule has 19 heavy (non-hydrogen) atoms. The van der Waals surface area contributed by atoms with Crippen LogP contribution in [0.5, 0.6) is 0 Å². The van der Waals surface area contributed by atoms with Gasteiger partial charge in [-0.15, -0.1) is 5.10 Å². The summed E-state index contributed by atoms with van der Waals surface area (Å²) in [5, 5.41) is 8.24. The SMILES string of the molecule is Cc1cccn2nc(N3CC4CCCNC4C3)nc12. The van der Waals surface area contributed by atoms with Gasteiger partial charge in [0, 0.05) is 25.3 Å². The predicted molar refractivity (Wildman–Crippen MR) is 74.5 cm³/mol. The number of aryl methyl sites for hydroxylation is 1. The number of hydrogen-bond donors (Lipinski definition) is 1. The van der Waals surface area contributed by atoms with Crippen LogP contribution in [0, 0.1) is 12.8 Å². The normalized spacial score (nSPS) is 26.9. The first-order valence-electron chi connectivity index (χ1n) is 7.11. The first-order chi connectivity index (χ1) is 9.31. The molecule has 5 heteroatoms. The molecule has 2 aromatic heterocycles. The van der Waals surface area contributed by atoms with Gasteiger partial charge in [0.15, 0.2) is 5.65 Å². The van der Waals surface area contributed by atoms with E-state index < -0.39 is 0 Å². The van der Waals surface area contributed by atoms with Gasteiger partial charge in [-0.3, -0.25) is 0 Å². The average Bonchev–Trinajstić information content (AvgIpc) is 3.02. The largest absolute Gasteiger partial charge is 0.338 e. The van der Waals surface area contributed by atoms with Crippen LogP contribution in [0.25, 0.3) is 5.65 Å². The van der Waals surface area contributed by atoms with Gasteiger partial charge >= 0.3 is 0 Å². The summed E-state index contributed by atoms with van der Waals surface area (Å²) in [4.78, 5) is 7.04. The van der Waals surface area contributed by atoms with Crippen molar-refractivity contribution >= 4 is 11.6 Å². The number of aromatic nitrogens is 3. The third-order valence-electron chi connectivity index (χ3n) is 4.43. The highest BCUT2D eigenvalue weighted by Crippen LogP contribution is 2.27. The summed E-state index contributed by atoms with van der Waals surface area (Å²) in [6, 6.07) is 4.73. The molecule has 0 saturated carbocycles. The van der Waals surface area contributed by atoms with Gasteiger partial charge in [0.1, 0.15) is 0 Å². The summed E-state index contributed by atoms with van der Waals surface area (Å²) in [5.41, 5.74) is 2.15. The number of piperidine rings is 1. The Labute approximate surface area is 112 Å². The Morgan fingerprint density at radius 2 is 2.32 bits per heavy atom. The fourth-order valence-electron chi connectivity index (χ4n) is 3.37. The topological polar surface area (TPSA) is 45.5 Å². The number of rotatable bonds is 1. The Bertz CT molecular complexity index is 591. The average molecular weight is 257 g/mol. The second-order valence-electron chi connectivity index (χ2n) is 5.74. The van der Waals surface area contributed by atoms with E-state index in [1.165, 1.54) is 18.4 Å². The molecule has 0 aromatic carbocycles. The monoisotopic (exact) mass is 257 g/mol. The Morgan fingerprint density at radius 1 is 1.37 bits per heavy atom. The van der Waals surface area contributed by atoms with E-state index in [1.807, 2.05) is 16.8 Å². The van der Waals surface area contributed by atoms with Gasteiger partial charge in [0.25, 0.3) is 0 Å². The van der Waals surface area contributed by atoms with Crippen molar-refractivity contribution in [2.45, 2.75) is 25.8 Å². The Balaban J connectivity index is 1.66. The maximum atomic E-state index is 4.70. The molecule has 0 aliphatic carbocycles. The van der Waals surface area contributed by atoms with Crippen LogP contribution in [0.1, 0.15) is 18.4 Å². The van der Waals surface area contributed by atoms with Crippen LogP contribution in [0.4, 0.5) is 5.95 Å². The lowest BCUT2D eigenvalue weighted by molar-refractivity contribution is 0.340. The van der Waals surface area contributed by atoms with Crippen molar-refractivity contribution in [1.82, 2.24) is 19.9 Å². The first kappa shape index (κ1) is 11.2. The predicted octanol–water partition coefficient (Wildman–Crippen LogP) is 1.23. The van der Waals surface area contributed by atoms with Gasteiger partial charge in [-0.1, -0.05) is 6.07 Å². The number of pyridine rings is 1. The lowest BCUT2D eigenvalue weighted by Crippen LogP contribution is -2.40. The van der Waals surface area contributed by atoms with Crippen LogP contribution in [-0.4, -0.2) is 40.3 Å². The molecular weight excluding hydrogens is 238 g/mol. The van der Waals surface area contributed by atoms with E-state index in [0.29, 0.717) is 6.04 Å². The van der Waals surface area contributed by atoms with E-state index in [4.69, 9.17) is 4.98 Å². The summed E-state index contributed by atoms with van der Waals surface area (Å²) in [5.74, 6) is 1.65. The van der Waals surface area contributed by atoms with E-state index in [9.17, 15) is 0 Å². The molecule has 0 spiro atoms. The van der Waals surface area contributed by atoms with Crippen LogP contribution in [0.15, 0.2) is 18.3 Å². The molecule has 1 N–H and O–H groups in total. The number of anilines is 1. The minimum atomic E-state index is 0.626. The minimum absolute atomic E-state index is 0.626. The molecular formula is C14H19N5. The maximum Gasteiger partial charge on any atom is 0.245 e. The molecule has 5 nitrogen and oxygen atoms in total. The molecule has 2 fully saturated rings. The molecule has 0 bridgehead atoms. The maximum absolute atomic E-state index is 4.70. The third kappa shape index (κ3) is 1.80. The molecule has 4 heterocycles. The molecule has 2 saturated heterocycles. The van der Waals surface area contributed by atoms with Crippen molar-refractivity contribution in [3.8, 4) is 0 Å². The quantitative estimate of drug-likeness (QED) is 0.834. The fourth-order valence-corrected chi connectivity index (χ4v) is 3.37. The first-order valence-corrected chi connectivity index (χ1v) is 7.11. The molecule has 0 amide bonds. The van der Waals surface area contributed by atoms with Crippen molar-refractivity contribution < 1.29 is 0 Å². The summed E-state index contributed by atoms with van der Waals surface area (Å²) < 4.78 is 1.89. The summed E-state index contributed by atoms with van der Waals surface area (Å²) in [6.07, 6.45) is 4.60. The smallest absolute Gasteiger partial charge is 0.245 e. The molecule has 0 radical (unpaired) electrons. The molecule has 2 unspecified atom stereocenters. The van der Waals surface area contributed by atoms with E-state index in [-0.39, 0.29) is 0 Å². The van der Waals surface area contributed by atoms with E-state index in [0.717, 1.165) is 37.1 Å². The zero-order valence-corrected chi connectivity index (χ0v) is 11.2. The van der Waals surface area contributed by atoms with Gasteiger partial charge in [-0.25, -0.2) is 4.52 Å². The van der Waals surface area contributed by atoms with Crippen LogP contribution >= 0.6 is 0 Å². The second-order valence-corrected chi connectivity index (χ2v) is 5.74. The molecule has 2 aliphatic rings. The molecule has 4 rings (SSSR count). The summed E-state index contributed by atoms with van der Waals surface area (Å²) in [6.45, 7) is 5.38. The van der Waals surface area contributed by atoms with Crippen LogP contribution < -0.4 is 10.2 Å². The highest BCUT2D eigenvalue weighted by atomic mass is 15.4. The number of fused-ring (bicyclic) bond motifs is 2. The highest BCUT2D eigenvalue weighted by molar-refractivity contribution is 5.51.